The van der Waals surface area contributed by atoms with Crippen molar-refractivity contribution in [1.82, 2.24) is 0 Å². The van der Waals surface area contributed by atoms with Crippen LogP contribution in [0.15, 0.2) is 60.7 Å². The number of benzene rings is 2. The second kappa shape index (κ2) is 4.74. The van der Waals surface area contributed by atoms with Crippen molar-refractivity contribution in [2.75, 3.05) is 0 Å². The van der Waals surface area contributed by atoms with Crippen molar-refractivity contribution >= 4 is 5.97 Å². The normalized spacial score (nSPS) is 29.2. The third kappa shape index (κ3) is 1.81. The molecule has 0 aliphatic carbocycles. The molecule has 0 bridgehead atoms. The van der Waals surface area contributed by atoms with Crippen LogP contribution in [-0.4, -0.2) is 22.3 Å². The molecule has 0 amide bonds. The lowest BCUT2D eigenvalue weighted by Gasteiger charge is -2.23. The predicted molar refractivity (Wildman–Crippen MR) is 71.6 cm³/mol. The molecule has 1 fully saturated rings. The van der Waals surface area contributed by atoms with Crippen molar-refractivity contribution in [3.05, 3.63) is 71.8 Å². The van der Waals surface area contributed by atoms with Gasteiger partial charge in [-0.2, -0.15) is 0 Å². The van der Waals surface area contributed by atoms with Gasteiger partial charge in [0.15, 0.2) is 6.10 Å². The minimum absolute atomic E-state index is 0.330. The molecular weight excluding hydrogens is 256 g/mol. The fourth-order valence-electron chi connectivity index (χ4n) is 2.48. The summed E-state index contributed by atoms with van der Waals surface area (Å²) in [4.78, 5) is 12.1. The molecule has 1 aliphatic heterocycles. The second-order valence-corrected chi connectivity index (χ2v) is 4.81. The molecule has 1 saturated heterocycles. The van der Waals surface area contributed by atoms with Gasteiger partial charge in [0.05, 0.1) is 0 Å². The maximum absolute atomic E-state index is 12.1. The SMILES string of the molecule is O=C1O[C@H](c2ccccc2)[C@@H](O)[C@]1(O)c1ccccc1. The smallest absolute Gasteiger partial charge is 0.346 e. The maximum Gasteiger partial charge on any atom is 0.346 e. The first-order chi connectivity index (χ1) is 9.64. The molecule has 0 radical (unpaired) electrons. The largest absolute Gasteiger partial charge is 0.452 e. The highest BCUT2D eigenvalue weighted by Gasteiger charge is 2.57. The minimum atomic E-state index is -2.03. The second-order valence-electron chi connectivity index (χ2n) is 4.81. The van der Waals surface area contributed by atoms with E-state index in [0.717, 1.165) is 0 Å². The first kappa shape index (κ1) is 12.8. The van der Waals surface area contributed by atoms with E-state index in [2.05, 4.69) is 0 Å². The van der Waals surface area contributed by atoms with Crippen molar-refractivity contribution in [2.24, 2.45) is 0 Å². The monoisotopic (exact) mass is 270 g/mol. The maximum atomic E-state index is 12.1. The number of ether oxygens (including phenoxy) is 1. The van der Waals surface area contributed by atoms with Crippen molar-refractivity contribution < 1.29 is 19.7 Å². The zero-order chi connectivity index (χ0) is 14.2. The van der Waals surface area contributed by atoms with E-state index in [0.29, 0.717) is 11.1 Å². The molecule has 0 aromatic heterocycles. The molecule has 4 nitrogen and oxygen atoms in total. The van der Waals surface area contributed by atoms with E-state index in [4.69, 9.17) is 4.74 Å². The van der Waals surface area contributed by atoms with Crippen molar-refractivity contribution in [2.45, 2.75) is 17.8 Å². The molecule has 20 heavy (non-hydrogen) atoms. The zero-order valence-corrected chi connectivity index (χ0v) is 10.6. The van der Waals surface area contributed by atoms with Crippen LogP contribution in [0.5, 0.6) is 0 Å². The molecule has 3 rings (SSSR count). The number of carbonyl (C=O) groups excluding carboxylic acids is 1. The van der Waals surface area contributed by atoms with Crippen LogP contribution < -0.4 is 0 Å². The topological polar surface area (TPSA) is 66.8 Å². The molecule has 102 valence electrons. The molecule has 2 aromatic carbocycles. The lowest BCUT2D eigenvalue weighted by atomic mass is 9.86. The molecule has 3 atom stereocenters. The molecule has 0 saturated carbocycles. The summed E-state index contributed by atoms with van der Waals surface area (Å²) in [5.41, 5.74) is -1.04. The highest BCUT2D eigenvalue weighted by Crippen LogP contribution is 2.42. The number of hydrogen-bond acceptors (Lipinski definition) is 4. The van der Waals surface area contributed by atoms with Crippen LogP contribution in [0.3, 0.4) is 0 Å². The first-order valence-corrected chi connectivity index (χ1v) is 6.36. The Morgan fingerprint density at radius 2 is 1.50 bits per heavy atom. The van der Waals surface area contributed by atoms with Gasteiger partial charge in [0.25, 0.3) is 0 Å². The minimum Gasteiger partial charge on any atom is -0.452 e. The van der Waals surface area contributed by atoms with E-state index in [1.807, 2.05) is 6.07 Å². The Labute approximate surface area is 116 Å². The number of carbonyl (C=O) groups is 1. The Balaban J connectivity index is 2.01. The van der Waals surface area contributed by atoms with Crippen LogP contribution in [0, 0.1) is 0 Å². The molecular formula is C16H14O4. The highest BCUT2D eigenvalue weighted by atomic mass is 16.6. The fraction of sp³-hybridized carbons (Fsp3) is 0.188. The predicted octanol–water partition coefficient (Wildman–Crippen LogP) is 1.53. The third-order valence-electron chi connectivity index (χ3n) is 3.60. The first-order valence-electron chi connectivity index (χ1n) is 6.36. The summed E-state index contributed by atoms with van der Waals surface area (Å²) in [6, 6.07) is 17.3. The number of hydrogen-bond donors (Lipinski definition) is 2. The lowest BCUT2D eigenvalue weighted by molar-refractivity contribution is -0.157. The summed E-state index contributed by atoms with van der Waals surface area (Å²) < 4.78 is 5.19. The van der Waals surface area contributed by atoms with E-state index in [-0.39, 0.29) is 0 Å². The van der Waals surface area contributed by atoms with Crippen LogP contribution in [0.25, 0.3) is 0 Å². The van der Waals surface area contributed by atoms with E-state index >= 15 is 0 Å². The molecule has 1 aliphatic rings. The average Bonchev–Trinajstić information content (AvgIpc) is 2.74. The molecule has 0 spiro atoms. The molecule has 4 heteroatoms. The van der Waals surface area contributed by atoms with Gasteiger partial charge < -0.3 is 14.9 Å². The van der Waals surface area contributed by atoms with Gasteiger partial charge in [0.1, 0.15) is 6.10 Å². The third-order valence-corrected chi connectivity index (χ3v) is 3.60. The van der Waals surface area contributed by atoms with E-state index in [1.54, 1.807) is 54.6 Å². The summed E-state index contributed by atoms with van der Waals surface area (Å²) in [7, 11) is 0. The van der Waals surface area contributed by atoms with Gasteiger partial charge in [-0.05, 0) is 11.1 Å². The Hall–Kier alpha value is -2.17. The highest BCUT2D eigenvalue weighted by molar-refractivity contribution is 5.84. The summed E-state index contributed by atoms with van der Waals surface area (Å²) in [6.07, 6.45) is -2.21. The van der Waals surface area contributed by atoms with E-state index < -0.39 is 23.8 Å². The van der Waals surface area contributed by atoms with Gasteiger partial charge in [-0.1, -0.05) is 60.7 Å². The molecule has 1 heterocycles. The lowest BCUT2D eigenvalue weighted by Crippen LogP contribution is -2.41. The summed E-state index contributed by atoms with van der Waals surface area (Å²) in [5, 5.41) is 21.0. The zero-order valence-electron chi connectivity index (χ0n) is 10.6. The molecule has 2 N–H and O–H groups in total. The van der Waals surface area contributed by atoms with Crippen LogP contribution in [-0.2, 0) is 15.1 Å². The van der Waals surface area contributed by atoms with Crippen molar-refractivity contribution in [3.63, 3.8) is 0 Å². The Morgan fingerprint density at radius 1 is 0.950 bits per heavy atom. The molecule has 0 unspecified atom stereocenters. The summed E-state index contributed by atoms with van der Waals surface area (Å²) in [6.45, 7) is 0. The summed E-state index contributed by atoms with van der Waals surface area (Å²) >= 11 is 0. The quantitative estimate of drug-likeness (QED) is 0.812. The number of aliphatic hydroxyl groups excluding tert-OH is 1. The number of rotatable bonds is 2. The fourth-order valence-corrected chi connectivity index (χ4v) is 2.48. The van der Waals surface area contributed by atoms with Crippen LogP contribution in [0.4, 0.5) is 0 Å². The number of cyclic esters (lactones) is 1. The molecule has 2 aromatic rings. The standard InChI is InChI=1S/C16H14O4/c17-14-13(11-7-3-1-4-8-11)20-15(18)16(14,19)12-9-5-2-6-10-12/h1-10,13-14,17,19H/t13-,14-,16-/m1/s1. The van der Waals surface area contributed by atoms with Crippen molar-refractivity contribution in [3.8, 4) is 0 Å². The van der Waals surface area contributed by atoms with Gasteiger partial charge >= 0.3 is 5.97 Å². The Morgan fingerprint density at radius 3 is 2.10 bits per heavy atom. The van der Waals surface area contributed by atoms with Crippen molar-refractivity contribution in [1.29, 1.82) is 0 Å². The van der Waals surface area contributed by atoms with E-state index in [9.17, 15) is 15.0 Å². The number of esters is 1. The van der Waals surface area contributed by atoms with Crippen LogP contribution >= 0.6 is 0 Å². The van der Waals surface area contributed by atoms with E-state index in [1.165, 1.54) is 0 Å². The van der Waals surface area contributed by atoms with Gasteiger partial charge in [-0.3, -0.25) is 0 Å². The summed E-state index contributed by atoms with van der Waals surface area (Å²) in [5.74, 6) is -0.829. The number of aliphatic hydroxyl groups is 2. The van der Waals surface area contributed by atoms with Gasteiger partial charge in [0.2, 0.25) is 5.60 Å². The van der Waals surface area contributed by atoms with Gasteiger partial charge in [-0.15, -0.1) is 0 Å². The Kier molecular flexibility index (Phi) is 3.04. The van der Waals surface area contributed by atoms with Gasteiger partial charge in [0, 0.05) is 0 Å². The Bertz CT molecular complexity index is 611. The van der Waals surface area contributed by atoms with Crippen LogP contribution in [0.2, 0.25) is 0 Å². The average molecular weight is 270 g/mol. The van der Waals surface area contributed by atoms with Crippen LogP contribution in [0.1, 0.15) is 17.2 Å². The van der Waals surface area contributed by atoms with Gasteiger partial charge in [-0.25, -0.2) is 4.79 Å².